The van der Waals surface area contributed by atoms with E-state index in [-0.39, 0.29) is 18.9 Å². The maximum absolute atomic E-state index is 12.1. The molecule has 3 rings (SSSR count). The van der Waals surface area contributed by atoms with Crippen molar-refractivity contribution in [1.29, 1.82) is 0 Å². The average molecular weight is 372 g/mol. The molecular formula is C19H20N2O4S. The van der Waals surface area contributed by atoms with E-state index in [1.54, 1.807) is 34.4 Å². The van der Waals surface area contributed by atoms with Crippen LogP contribution in [0.15, 0.2) is 41.1 Å². The molecule has 1 aliphatic rings. The summed E-state index contributed by atoms with van der Waals surface area (Å²) < 4.78 is 5.03. The highest BCUT2D eigenvalue weighted by Crippen LogP contribution is 2.29. The molecule has 0 atom stereocenters. The molecule has 2 aromatic rings. The van der Waals surface area contributed by atoms with Gasteiger partial charge in [0.1, 0.15) is 0 Å². The number of esters is 1. The van der Waals surface area contributed by atoms with E-state index in [9.17, 15) is 14.4 Å². The molecule has 136 valence electrons. The predicted molar refractivity (Wildman–Crippen MR) is 100 cm³/mol. The first kappa shape index (κ1) is 18.1. The lowest BCUT2D eigenvalue weighted by Crippen LogP contribution is -2.27. The molecule has 0 spiro atoms. The molecule has 0 bridgehead atoms. The number of hydrogen-bond donors (Lipinski definition) is 1. The van der Waals surface area contributed by atoms with Crippen molar-refractivity contribution in [2.24, 2.45) is 0 Å². The monoisotopic (exact) mass is 372 g/mol. The predicted octanol–water partition coefficient (Wildman–Crippen LogP) is 2.99. The third kappa shape index (κ3) is 4.70. The van der Waals surface area contributed by atoms with Gasteiger partial charge in [0, 0.05) is 19.4 Å². The smallest absolute Gasteiger partial charge is 0.306 e. The van der Waals surface area contributed by atoms with Gasteiger partial charge in [-0.05, 0) is 47.4 Å². The highest BCUT2D eigenvalue weighted by Gasteiger charge is 2.24. The van der Waals surface area contributed by atoms with E-state index in [1.807, 2.05) is 22.9 Å². The van der Waals surface area contributed by atoms with Crippen LogP contribution in [0.1, 0.15) is 24.8 Å². The van der Waals surface area contributed by atoms with Gasteiger partial charge in [-0.15, -0.1) is 0 Å². The summed E-state index contributed by atoms with van der Waals surface area (Å²) in [6, 6.07) is 9.09. The molecule has 7 heteroatoms. The summed E-state index contributed by atoms with van der Waals surface area (Å²) in [5.74, 6) is -0.783. The van der Waals surface area contributed by atoms with Crippen LogP contribution in [-0.4, -0.2) is 30.9 Å². The van der Waals surface area contributed by atoms with Crippen molar-refractivity contribution in [3.63, 3.8) is 0 Å². The van der Waals surface area contributed by atoms with Gasteiger partial charge < -0.3 is 15.0 Å². The quantitative estimate of drug-likeness (QED) is 0.758. The number of nitrogens with zero attached hydrogens (tertiary/aromatic N) is 1. The second-order valence-corrected chi connectivity index (χ2v) is 6.79. The molecule has 1 saturated heterocycles. The normalized spacial score (nSPS) is 13.7. The van der Waals surface area contributed by atoms with Gasteiger partial charge in [-0.3, -0.25) is 14.4 Å². The number of ether oxygens (including phenoxy) is 1. The maximum atomic E-state index is 12.1. The van der Waals surface area contributed by atoms with Gasteiger partial charge in [-0.25, -0.2) is 0 Å². The summed E-state index contributed by atoms with van der Waals surface area (Å²) in [6.07, 6.45) is 2.17. The third-order valence-electron chi connectivity index (χ3n) is 4.10. The summed E-state index contributed by atoms with van der Waals surface area (Å²) in [7, 11) is 0. The Hall–Kier alpha value is -2.67. The van der Waals surface area contributed by atoms with Crippen LogP contribution in [0.4, 0.5) is 11.4 Å². The largest absolute Gasteiger partial charge is 0.456 e. The minimum atomic E-state index is -0.423. The SMILES string of the molecule is O=C(COC(=O)CCc1ccsc1)Nc1ccccc1N1CCCC1=O. The molecule has 1 aliphatic heterocycles. The number of anilines is 2. The van der Waals surface area contributed by atoms with E-state index in [0.29, 0.717) is 30.8 Å². The first-order valence-corrected chi connectivity index (χ1v) is 9.44. The van der Waals surface area contributed by atoms with E-state index in [2.05, 4.69) is 5.32 Å². The maximum Gasteiger partial charge on any atom is 0.306 e. The summed E-state index contributed by atoms with van der Waals surface area (Å²) in [5, 5.41) is 6.66. The van der Waals surface area contributed by atoms with Gasteiger partial charge >= 0.3 is 5.97 Å². The number of amides is 2. The van der Waals surface area contributed by atoms with Gasteiger partial charge in [0.2, 0.25) is 5.91 Å². The van der Waals surface area contributed by atoms with E-state index in [4.69, 9.17) is 4.74 Å². The third-order valence-corrected chi connectivity index (χ3v) is 4.84. The molecule has 26 heavy (non-hydrogen) atoms. The molecule has 6 nitrogen and oxygen atoms in total. The molecule has 0 aliphatic carbocycles. The average Bonchev–Trinajstić information content (AvgIpc) is 3.30. The molecular weight excluding hydrogens is 352 g/mol. The minimum absolute atomic E-state index is 0.0477. The number of carbonyl (C=O) groups excluding carboxylic acids is 3. The molecule has 2 heterocycles. The van der Waals surface area contributed by atoms with Crippen molar-refractivity contribution in [1.82, 2.24) is 0 Å². The van der Waals surface area contributed by atoms with Gasteiger partial charge in [0.15, 0.2) is 6.61 Å². The van der Waals surface area contributed by atoms with Crippen LogP contribution < -0.4 is 10.2 Å². The first-order chi connectivity index (χ1) is 12.6. The lowest BCUT2D eigenvalue weighted by atomic mass is 10.2. The van der Waals surface area contributed by atoms with E-state index in [0.717, 1.165) is 12.0 Å². The molecule has 1 N–H and O–H groups in total. The zero-order valence-corrected chi connectivity index (χ0v) is 15.1. The number of benzene rings is 1. The number of para-hydroxylation sites is 2. The minimum Gasteiger partial charge on any atom is -0.456 e. The van der Waals surface area contributed by atoms with E-state index < -0.39 is 11.9 Å². The second kappa shape index (κ2) is 8.62. The van der Waals surface area contributed by atoms with E-state index >= 15 is 0 Å². The van der Waals surface area contributed by atoms with E-state index in [1.165, 1.54) is 0 Å². The van der Waals surface area contributed by atoms with Crippen molar-refractivity contribution in [2.45, 2.75) is 25.7 Å². The Morgan fingerprint density at radius 1 is 1.23 bits per heavy atom. The number of carbonyl (C=O) groups is 3. The topological polar surface area (TPSA) is 75.7 Å². The van der Waals surface area contributed by atoms with Crippen LogP contribution in [0.3, 0.4) is 0 Å². The highest BCUT2D eigenvalue weighted by molar-refractivity contribution is 7.07. The van der Waals surface area contributed by atoms with Crippen LogP contribution in [-0.2, 0) is 25.5 Å². The molecule has 0 radical (unpaired) electrons. The van der Waals surface area contributed by atoms with Crippen LogP contribution in [0.5, 0.6) is 0 Å². The van der Waals surface area contributed by atoms with Crippen molar-refractivity contribution in [3.05, 3.63) is 46.7 Å². The molecule has 1 fully saturated rings. The van der Waals surface area contributed by atoms with Crippen molar-refractivity contribution >= 4 is 40.5 Å². The summed E-state index contributed by atoms with van der Waals surface area (Å²) in [6.45, 7) is 0.300. The molecule has 0 saturated carbocycles. The Morgan fingerprint density at radius 3 is 2.81 bits per heavy atom. The van der Waals surface area contributed by atoms with Crippen molar-refractivity contribution in [2.75, 3.05) is 23.4 Å². The second-order valence-electron chi connectivity index (χ2n) is 6.01. The fraction of sp³-hybridized carbons (Fsp3) is 0.316. The lowest BCUT2D eigenvalue weighted by Gasteiger charge is -2.19. The number of rotatable bonds is 7. The van der Waals surface area contributed by atoms with Crippen LogP contribution in [0.25, 0.3) is 0 Å². The number of thiophene rings is 1. The Balaban J connectivity index is 1.50. The van der Waals surface area contributed by atoms with Gasteiger partial charge in [-0.1, -0.05) is 12.1 Å². The Kier molecular flexibility index (Phi) is 6.01. The van der Waals surface area contributed by atoms with Crippen LogP contribution in [0, 0.1) is 0 Å². The van der Waals surface area contributed by atoms with Crippen molar-refractivity contribution < 1.29 is 19.1 Å². The van der Waals surface area contributed by atoms with Gasteiger partial charge in [0.05, 0.1) is 11.4 Å². The summed E-state index contributed by atoms with van der Waals surface area (Å²) in [5.41, 5.74) is 2.30. The summed E-state index contributed by atoms with van der Waals surface area (Å²) >= 11 is 1.58. The zero-order chi connectivity index (χ0) is 18.4. The fourth-order valence-electron chi connectivity index (χ4n) is 2.80. The lowest BCUT2D eigenvalue weighted by molar-refractivity contribution is -0.147. The number of aryl methyl sites for hydroxylation is 1. The Morgan fingerprint density at radius 2 is 2.08 bits per heavy atom. The summed E-state index contributed by atoms with van der Waals surface area (Å²) in [4.78, 5) is 37.5. The van der Waals surface area contributed by atoms with Gasteiger partial charge in [-0.2, -0.15) is 11.3 Å². The number of nitrogens with one attached hydrogen (secondary N) is 1. The Labute approximate surface area is 155 Å². The Bertz CT molecular complexity index is 789. The fourth-order valence-corrected chi connectivity index (χ4v) is 3.51. The van der Waals surface area contributed by atoms with Crippen LogP contribution >= 0.6 is 11.3 Å². The number of hydrogen-bond acceptors (Lipinski definition) is 5. The van der Waals surface area contributed by atoms with Crippen LogP contribution in [0.2, 0.25) is 0 Å². The first-order valence-electron chi connectivity index (χ1n) is 8.49. The zero-order valence-electron chi connectivity index (χ0n) is 14.3. The van der Waals surface area contributed by atoms with Gasteiger partial charge in [0.25, 0.3) is 5.91 Å². The molecule has 1 aromatic carbocycles. The molecule has 1 aromatic heterocycles. The highest BCUT2D eigenvalue weighted by atomic mass is 32.1. The molecule has 2 amide bonds. The molecule has 0 unspecified atom stereocenters. The van der Waals surface area contributed by atoms with Crippen molar-refractivity contribution in [3.8, 4) is 0 Å². The standard InChI is InChI=1S/C19H20N2O4S/c22-17(12-25-19(24)8-7-14-9-11-26-13-14)20-15-4-1-2-5-16(15)21-10-3-6-18(21)23/h1-2,4-5,9,11,13H,3,6-8,10,12H2,(H,20,22).